The predicted molar refractivity (Wildman–Crippen MR) is 87.7 cm³/mol. The number of aromatic nitrogens is 2. The lowest BCUT2D eigenvalue weighted by atomic mass is 10.4. The van der Waals surface area contributed by atoms with Crippen LogP contribution in [0.2, 0.25) is 0 Å². The molecule has 0 aromatic carbocycles. The van der Waals surface area contributed by atoms with Crippen molar-refractivity contribution in [3.05, 3.63) is 22.1 Å². The molecule has 1 aromatic rings. The fraction of sp³-hybridized carbons (Fsp3) is 0.714. The van der Waals surface area contributed by atoms with Crippen LogP contribution in [0.5, 0.6) is 0 Å². The molecular formula is C14H23N3OS2. The summed E-state index contributed by atoms with van der Waals surface area (Å²) in [5, 5.41) is 1.32. The van der Waals surface area contributed by atoms with Gasteiger partial charge in [0, 0.05) is 24.1 Å². The van der Waals surface area contributed by atoms with E-state index in [2.05, 4.69) is 28.7 Å². The fourth-order valence-corrected chi connectivity index (χ4v) is 3.70. The van der Waals surface area contributed by atoms with Crippen LogP contribution < -0.4 is 5.56 Å². The molecule has 112 valence electrons. The zero-order valence-corrected chi connectivity index (χ0v) is 13.9. The van der Waals surface area contributed by atoms with Crippen LogP contribution in [-0.2, 0) is 5.75 Å². The van der Waals surface area contributed by atoms with Gasteiger partial charge in [-0.3, -0.25) is 4.79 Å². The standard InChI is InChI=1S/C14H23N3OS2/c1-11(2)20-10-12-9-13(18)16-14(15-12)19-8-7-17-5-3-4-6-17/h9,11H,3-8,10H2,1-2H3,(H,15,16,18). The highest BCUT2D eigenvalue weighted by Gasteiger charge is 2.11. The van der Waals surface area contributed by atoms with Crippen LogP contribution in [0.15, 0.2) is 16.0 Å². The molecule has 1 aliphatic heterocycles. The molecule has 1 N–H and O–H groups in total. The zero-order chi connectivity index (χ0) is 14.4. The summed E-state index contributed by atoms with van der Waals surface area (Å²) in [6.07, 6.45) is 2.64. The highest BCUT2D eigenvalue weighted by atomic mass is 32.2. The van der Waals surface area contributed by atoms with Crippen molar-refractivity contribution in [1.82, 2.24) is 14.9 Å². The molecule has 1 saturated heterocycles. The molecule has 1 aromatic heterocycles. The van der Waals surface area contributed by atoms with E-state index in [0.717, 1.165) is 28.9 Å². The molecule has 2 rings (SSSR count). The SMILES string of the molecule is CC(C)SCc1cc(=O)[nH]c(SCCN2CCCC2)n1. The van der Waals surface area contributed by atoms with Crippen molar-refractivity contribution in [2.45, 2.75) is 42.8 Å². The van der Waals surface area contributed by atoms with Crippen molar-refractivity contribution in [2.24, 2.45) is 0 Å². The third-order valence-electron chi connectivity index (χ3n) is 3.18. The number of H-pyrrole nitrogens is 1. The average molecular weight is 313 g/mol. The van der Waals surface area contributed by atoms with Gasteiger partial charge in [0.1, 0.15) is 0 Å². The van der Waals surface area contributed by atoms with Gasteiger partial charge in [0.05, 0.1) is 5.69 Å². The smallest absolute Gasteiger partial charge is 0.251 e. The predicted octanol–water partition coefficient (Wildman–Crippen LogP) is 2.60. The van der Waals surface area contributed by atoms with Crippen LogP contribution in [-0.4, -0.2) is 45.5 Å². The van der Waals surface area contributed by atoms with Crippen molar-refractivity contribution in [3.8, 4) is 0 Å². The lowest BCUT2D eigenvalue weighted by Gasteiger charge is -2.13. The normalized spacial score (nSPS) is 16.1. The van der Waals surface area contributed by atoms with Gasteiger partial charge in [-0.25, -0.2) is 4.98 Å². The summed E-state index contributed by atoms with van der Waals surface area (Å²) < 4.78 is 0. The summed E-state index contributed by atoms with van der Waals surface area (Å²) >= 11 is 3.47. The zero-order valence-electron chi connectivity index (χ0n) is 12.2. The molecule has 0 spiro atoms. The van der Waals surface area contributed by atoms with E-state index in [1.54, 1.807) is 17.8 Å². The van der Waals surface area contributed by atoms with Crippen LogP contribution in [0, 0.1) is 0 Å². The van der Waals surface area contributed by atoms with Gasteiger partial charge in [0.25, 0.3) is 5.56 Å². The molecular weight excluding hydrogens is 290 g/mol. The van der Waals surface area contributed by atoms with Crippen molar-refractivity contribution in [3.63, 3.8) is 0 Å². The maximum Gasteiger partial charge on any atom is 0.251 e. The van der Waals surface area contributed by atoms with E-state index in [4.69, 9.17) is 0 Å². The number of thioether (sulfide) groups is 2. The number of rotatable bonds is 7. The molecule has 0 bridgehead atoms. The molecule has 0 unspecified atom stereocenters. The van der Waals surface area contributed by atoms with Gasteiger partial charge in [-0.2, -0.15) is 11.8 Å². The van der Waals surface area contributed by atoms with Crippen molar-refractivity contribution < 1.29 is 0 Å². The Morgan fingerprint density at radius 3 is 2.85 bits per heavy atom. The molecule has 0 aliphatic carbocycles. The maximum atomic E-state index is 11.6. The van der Waals surface area contributed by atoms with Crippen LogP contribution in [0.1, 0.15) is 32.4 Å². The molecule has 6 heteroatoms. The van der Waals surface area contributed by atoms with Gasteiger partial charge in [0.2, 0.25) is 0 Å². The Bertz CT molecular complexity index is 470. The summed E-state index contributed by atoms with van der Waals surface area (Å²) in [7, 11) is 0. The van der Waals surface area contributed by atoms with Crippen LogP contribution in [0.4, 0.5) is 0 Å². The first-order valence-corrected chi connectivity index (χ1v) is 9.24. The molecule has 0 atom stereocenters. The Labute approximate surface area is 129 Å². The number of likely N-dealkylation sites (tertiary alicyclic amines) is 1. The van der Waals surface area contributed by atoms with Crippen molar-refractivity contribution >= 4 is 23.5 Å². The molecule has 0 saturated carbocycles. The monoisotopic (exact) mass is 313 g/mol. The molecule has 1 aliphatic rings. The summed E-state index contributed by atoms with van der Waals surface area (Å²) in [4.78, 5) is 21.5. The minimum absolute atomic E-state index is 0.0389. The molecule has 4 nitrogen and oxygen atoms in total. The molecule has 0 radical (unpaired) electrons. The largest absolute Gasteiger partial charge is 0.303 e. The van der Waals surface area contributed by atoms with Crippen LogP contribution in [0.25, 0.3) is 0 Å². The van der Waals surface area contributed by atoms with Gasteiger partial charge in [-0.05, 0) is 31.2 Å². The summed E-state index contributed by atoms with van der Waals surface area (Å²) in [6.45, 7) is 7.83. The molecule has 2 heterocycles. The Morgan fingerprint density at radius 2 is 2.15 bits per heavy atom. The van der Waals surface area contributed by atoms with Crippen molar-refractivity contribution in [2.75, 3.05) is 25.4 Å². The minimum atomic E-state index is -0.0389. The van der Waals surface area contributed by atoms with E-state index < -0.39 is 0 Å². The van der Waals surface area contributed by atoms with E-state index >= 15 is 0 Å². The van der Waals surface area contributed by atoms with E-state index in [-0.39, 0.29) is 5.56 Å². The quantitative estimate of drug-likeness (QED) is 0.619. The number of nitrogens with zero attached hydrogens (tertiary/aromatic N) is 2. The van der Waals surface area contributed by atoms with Gasteiger partial charge in [-0.15, -0.1) is 0 Å². The van der Waals surface area contributed by atoms with Crippen LogP contribution >= 0.6 is 23.5 Å². The molecule has 1 fully saturated rings. The number of hydrogen-bond donors (Lipinski definition) is 1. The van der Waals surface area contributed by atoms with Crippen molar-refractivity contribution in [1.29, 1.82) is 0 Å². The Kier molecular flexibility index (Phi) is 6.45. The average Bonchev–Trinajstić information content (AvgIpc) is 2.89. The van der Waals surface area contributed by atoms with E-state index in [1.165, 1.54) is 25.9 Å². The van der Waals surface area contributed by atoms with Gasteiger partial charge in [-0.1, -0.05) is 25.6 Å². The van der Waals surface area contributed by atoms with E-state index in [0.29, 0.717) is 5.25 Å². The second-order valence-electron chi connectivity index (χ2n) is 5.30. The molecule has 0 amide bonds. The lowest BCUT2D eigenvalue weighted by molar-refractivity contribution is 0.362. The van der Waals surface area contributed by atoms with E-state index in [1.807, 2.05) is 11.8 Å². The number of nitrogens with one attached hydrogen (secondary N) is 1. The Morgan fingerprint density at radius 1 is 1.40 bits per heavy atom. The van der Waals surface area contributed by atoms with Gasteiger partial charge in [0.15, 0.2) is 5.16 Å². The highest BCUT2D eigenvalue weighted by Crippen LogP contribution is 2.18. The highest BCUT2D eigenvalue weighted by molar-refractivity contribution is 7.99. The molecule has 20 heavy (non-hydrogen) atoms. The second-order valence-corrected chi connectivity index (χ2v) is 7.95. The van der Waals surface area contributed by atoms with Gasteiger partial charge < -0.3 is 9.88 Å². The van der Waals surface area contributed by atoms with Crippen LogP contribution in [0.3, 0.4) is 0 Å². The Hall–Kier alpha value is -0.460. The summed E-state index contributed by atoms with van der Waals surface area (Å²) in [6, 6.07) is 1.61. The first-order chi connectivity index (χ1) is 9.63. The van der Waals surface area contributed by atoms with E-state index in [9.17, 15) is 4.79 Å². The first kappa shape index (κ1) is 15.9. The lowest BCUT2D eigenvalue weighted by Crippen LogP contribution is -2.22. The maximum absolute atomic E-state index is 11.6. The number of aromatic amines is 1. The van der Waals surface area contributed by atoms with Gasteiger partial charge >= 0.3 is 0 Å². The fourth-order valence-electron chi connectivity index (χ4n) is 2.16. The first-order valence-electron chi connectivity index (χ1n) is 7.20. The second kappa shape index (κ2) is 8.10. The summed E-state index contributed by atoms with van der Waals surface area (Å²) in [5.41, 5.74) is 0.846. The summed E-state index contributed by atoms with van der Waals surface area (Å²) in [5.74, 6) is 1.80. The number of hydrogen-bond acceptors (Lipinski definition) is 5. The minimum Gasteiger partial charge on any atom is -0.303 e. The topological polar surface area (TPSA) is 49.0 Å². The third kappa shape index (κ3) is 5.50. The third-order valence-corrected chi connectivity index (χ3v) is 5.17. The Balaban J connectivity index is 1.85.